The molecule has 0 spiro atoms. The van der Waals surface area contributed by atoms with E-state index < -0.39 is 6.23 Å². The third-order valence-electron chi connectivity index (χ3n) is 6.44. The molecule has 1 fully saturated rings. The molecule has 0 saturated carbocycles. The number of methoxy groups -OCH3 is 1. The molecule has 0 amide bonds. The van der Waals surface area contributed by atoms with Gasteiger partial charge in [0.15, 0.2) is 5.58 Å². The lowest BCUT2D eigenvalue weighted by Crippen LogP contribution is -2.45. The Labute approximate surface area is 209 Å². The van der Waals surface area contributed by atoms with E-state index in [0.29, 0.717) is 46.4 Å². The van der Waals surface area contributed by atoms with Gasteiger partial charge in [-0.1, -0.05) is 12.1 Å². The fourth-order valence-corrected chi connectivity index (χ4v) is 4.25. The molecule has 1 unspecified atom stereocenters. The van der Waals surface area contributed by atoms with Gasteiger partial charge in [0.1, 0.15) is 35.1 Å². The van der Waals surface area contributed by atoms with Crippen molar-refractivity contribution in [2.45, 2.75) is 6.23 Å². The number of ether oxygens (including phenoxy) is 2. The predicted molar refractivity (Wildman–Crippen MR) is 137 cm³/mol. The zero-order chi connectivity index (χ0) is 25.2. The number of aliphatic hydroxyl groups is 1. The van der Waals surface area contributed by atoms with Crippen molar-refractivity contribution in [2.75, 3.05) is 40.9 Å². The lowest BCUT2D eigenvalue weighted by molar-refractivity contribution is 0.0394. The van der Waals surface area contributed by atoms with Crippen molar-refractivity contribution in [3.63, 3.8) is 0 Å². The van der Waals surface area contributed by atoms with Gasteiger partial charge in [0, 0.05) is 36.8 Å². The van der Waals surface area contributed by atoms with E-state index in [-0.39, 0.29) is 0 Å². The molecule has 184 valence electrons. The Morgan fingerprint density at radius 3 is 2.67 bits per heavy atom. The number of furan rings is 1. The van der Waals surface area contributed by atoms with E-state index in [1.807, 2.05) is 42.5 Å². The molecule has 0 bridgehead atoms. The normalized spacial score (nSPS) is 14.4. The van der Waals surface area contributed by atoms with E-state index in [1.165, 1.54) is 0 Å². The summed E-state index contributed by atoms with van der Waals surface area (Å²) in [5, 5.41) is 23.4. The van der Waals surface area contributed by atoms with Crippen molar-refractivity contribution in [2.24, 2.45) is 5.92 Å². The SMILES string of the molecule is COc1cc(C(O)N(C)C)ccc1-c1cc2nccc(-c3ccc(OCC4CNC4)c(C#N)c3)c2o1. The molecule has 2 aromatic carbocycles. The number of aromatic nitrogens is 1. The van der Waals surface area contributed by atoms with Crippen LogP contribution in [-0.4, -0.2) is 55.9 Å². The minimum atomic E-state index is -0.747. The Balaban J connectivity index is 1.50. The number of benzene rings is 2. The molecule has 8 heteroatoms. The summed E-state index contributed by atoms with van der Waals surface area (Å²) in [4.78, 5) is 6.20. The van der Waals surface area contributed by atoms with Crippen molar-refractivity contribution in [1.82, 2.24) is 15.2 Å². The van der Waals surface area contributed by atoms with E-state index in [4.69, 9.17) is 13.9 Å². The van der Waals surface area contributed by atoms with Crippen LogP contribution in [0.25, 0.3) is 33.6 Å². The molecular formula is C28H28N4O4. The Bertz CT molecular complexity index is 1440. The lowest BCUT2D eigenvalue weighted by Gasteiger charge is -2.27. The maximum atomic E-state index is 10.4. The molecule has 3 heterocycles. The summed E-state index contributed by atoms with van der Waals surface area (Å²) in [6, 6.07) is 17.1. The highest BCUT2D eigenvalue weighted by Gasteiger charge is 2.20. The van der Waals surface area contributed by atoms with Gasteiger partial charge < -0.3 is 24.3 Å². The monoisotopic (exact) mass is 484 g/mol. The van der Waals surface area contributed by atoms with Crippen LogP contribution in [0.1, 0.15) is 17.4 Å². The molecule has 1 atom stereocenters. The van der Waals surface area contributed by atoms with E-state index in [0.717, 1.165) is 35.3 Å². The van der Waals surface area contributed by atoms with Crippen LogP contribution in [0, 0.1) is 17.2 Å². The third-order valence-corrected chi connectivity index (χ3v) is 6.44. The topological polar surface area (TPSA) is 104 Å². The highest BCUT2D eigenvalue weighted by molar-refractivity contribution is 5.93. The Hall–Kier alpha value is -3.90. The van der Waals surface area contributed by atoms with Gasteiger partial charge in [0.25, 0.3) is 0 Å². The second kappa shape index (κ2) is 9.99. The average Bonchev–Trinajstić information content (AvgIpc) is 3.31. The molecule has 2 N–H and O–H groups in total. The van der Waals surface area contributed by atoms with Gasteiger partial charge in [-0.25, -0.2) is 0 Å². The predicted octanol–water partition coefficient (Wildman–Crippen LogP) is 4.19. The van der Waals surface area contributed by atoms with Gasteiger partial charge in [0.05, 0.1) is 24.8 Å². The molecule has 8 nitrogen and oxygen atoms in total. The van der Waals surface area contributed by atoms with Gasteiger partial charge in [-0.15, -0.1) is 0 Å². The van der Waals surface area contributed by atoms with Crippen molar-refractivity contribution in [3.8, 4) is 40.0 Å². The van der Waals surface area contributed by atoms with Crippen LogP contribution in [0.4, 0.5) is 0 Å². The van der Waals surface area contributed by atoms with E-state index in [9.17, 15) is 10.4 Å². The molecule has 4 aromatic rings. The quantitative estimate of drug-likeness (QED) is 0.359. The minimum Gasteiger partial charge on any atom is -0.496 e. The number of hydrogen-bond donors (Lipinski definition) is 2. The number of nitrogens with one attached hydrogen (secondary N) is 1. The fraction of sp³-hybridized carbons (Fsp3) is 0.286. The van der Waals surface area contributed by atoms with E-state index in [2.05, 4.69) is 16.4 Å². The van der Waals surface area contributed by atoms with E-state index >= 15 is 0 Å². The van der Waals surface area contributed by atoms with Crippen molar-refractivity contribution in [3.05, 3.63) is 65.9 Å². The molecule has 36 heavy (non-hydrogen) atoms. The summed E-state index contributed by atoms with van der Waals surface area (Å²) >= 11 is 0. The Morgan fingerprint density at radius 1 is 1.14 bits per heavy atom. The second-order valence-electron chi connectivity index (χ2n) is 9.14. The number of aliphatic hydroxyl groups excluding tert-OH is 1. The Morgan fingerprint density at radius 2 is 1.97 bits per heavy atom. The first-order chi connectivity index (χ1) is 17.5. The number of hydrogen-bond acceptors (Lipinski definition) is 8. The van der Waals surface area contributed by atoms with Crippen molar-refractivity contribution >= 4 is 11.1 Å². The number of rotatable bonds is 8. The number of pyridine rings is 1. The van der Waals surface area contributed by atoms with Crippen LogP contribution in [0.2, 0.25) is 0 Å². The maximum Gasteiger partial charge on any atom is 0.161 e. The van der Waals surface area contributed by atoms with Crippen molar-refractivity contribution in [1.29, 1.82) is 5.26 Å². The van der Waals surface area contributed by atoms with Gasteiger partial charge >= 0.3 is 0 Å². The van der Waals surface area contributed by atoms with Crippen LogP contribution in [0.15, 0.2) is 59.1 Å². The van der Waals surface area contributed by atoms with Crippen LogP contribution >= 0.6 is 0 Å². The van der Waals surface area contributed by atoms with Gasteiger partial charge in [-0.3, -0.25) is 9.88 Å². The largest absolute Gasteiger partial charge is 0.496 e. The number of nitriles is 1. The Kier molecular flexibility index (Phi) is 6.61. The zero-order valence-corrected chi connectivity index (χ0v) is 20.5. The maximum absolute atomic E-state index is 10.4. The standard InChI is InChI=1S/C28H28N4O4/c1-32(2)28(33)19-4-6-22(25(11-19)34-3)26-12-23-27(36-26)21(8-9-31-23)18-5-7-24(20(10-18)13-29)35-16-17-14-30-15-17/h4-12,17,28,30,33H,14-16H2,1-3H3. The molecule has 2 aromatic heterocycles. The van der Waals surface area contributed by atoms with Crippen LogP contribution in [0.3, 0.4) is 0 Å². The fourth-order valence-electron chi connectivity index (χ4n) is 4.25. The second-order valence-corrected chi connectivity index (χ2v) is 9.14. The molecule has 0 radical (unpaired) electrons. The summed E-state index contributed by atoms with van der Waals surface area (Å²) in [7, 11) is 5.20. The third kappa shape index (κ3) is 4.52. The van der Waals surface area contributed by atoms with E-state index in [1.54, 1.807) is 38.4 Å². The van der Waals surface area contributed by atoms with Gasteiger partial charge in [-0.2, -0.15) is 5.26 Å². The highest BCUT2D eigenvalue weighted by atomic mass is 16.5. The summed E-state index contributed by atoms with van der Waals surface area (Å²) in [6.45, 7) is 2.48. The summed E-state index contributed by atoms with van der Waals surface area (Å²) < 4.78 is 17.8. The number of nitrogens with zero attached hydrogens (tertiary/aromatic N) is 3. The molecular weight excluding hydrogens is 456 g/mol. The summed E-state index contributed by atoms with van der Waals surface area (Å²) in [5.74, 6) is 2.25. The van der Waals surface area contributed by atoms with Crippen LogP contribution in [0.5, 0.6) is 11.5 Å². The van der Waals surface area contributed by atoms with Gasteiger partial charge in [-0.05, 0) is 55.6 Å². The molecule has 1 aliphatic rings. The average molecular weight is 485 g/mol. The minimum absolute atomic E-state index is 0.480. The smallest absolute Gasteiger partial charge is 0.161 e. The first-order valence-electron chi connectivity index (χ1n) is 11.8. The molecule has 0 aliphatic carbocycles. The summed E-state index contributed by atoms with van der Waals surface area (Å²) in [5.41, 5.74) is 4.93. The highest BCUT2D eigenvalue weighted by Crippen LogP contribution is 2.39. The van der Waals surface area contributed by atoms with Crippen LogP contribution < -0.4 is 14.8 Å². The first kappa shape index (κ1) is 23.8. The first-order valence-corrected chi connectivity index (χ1v) is 11.8. The molecule has 5 rings (SSSR count). The molecule has 1 aliphatic heterocycles. The van der Waals surface area contributed by atoms with Gasteiger partial charge in [0.2, 0.25) is 0 Å². The molecule has 1 saturated heterocycles. The summed E-state index contributed by atoms with van der Waals surface area (Å²) in [6.07, 6.45) is 0.980. The van der Waals surface area contributed by atoms with Crippen molar-refractivity contribution < 1.29 is 19.0 Å². The zero-order valence-electron chi connectivity index (χ0n) is 20.5. The number of fused-ring (bicyclic) bond motifs is 1. The lowest BCUT2D eigenvalue weighted by atomic mass is 10.0. The van der Waals surface area contributed by atoms with Crippen LogP contribution in [-0.2, 0) is 0 Å².